The Kier molecular flexibility index (Phi) is 6.21. The topological polar surface area (TPSA) is 104 Å². The Bertz CT molecular complexity index is 1150. The first-order chi connectivity index (χ1) is 14.0. The molecule has 1 N–H and O–H groups in total. The van der Waals surface area contributed by atoms with E-state index in [1.54, 1.807) is 48.2 Å². The van der Waals surface area contributed by atoms with E-state index in [0.717, 1.165) is 11.8 Å². The number of rotatable bonds is 5. The number of amides is 1. The summed E-state index contributed by atoms with van der Waals surface area (Å²) in [6, 6.07) is 11.5. The minimum Gasteiger partial charge on any atom is -0.336 e. The van der Waals surface area contributed by atoms with E-state index < -0.39 is 20.0 Å². The van der Waals surface area contributed by atoms with Crippen LogP contribution in [0.5, 0.6) is 0 Å². The Morgan fingerprint density at radius 1 is 0.900 bits per heavy atom. The molecule has 1 aliphatic heterocycles. The van der Waals surface area contributed by atoms with Gasteiger partial charge in [0.25, 0.3) is 5.91 Å². The quantitative estimate of drug-likeness (QED) is 0.747. The molecule has 3 rings (SSSR count). The lowest BCUT2D eigenvalue weighted by Crippen LogP contribution is -2.50. The molecule has 0 atom stereocenters. The third-order valence-electron chi connectivity index (χ3n) is 4.96. The number of aryl methyl sites for hydroxylation is 2. The fourth-order valence-corrected chi connectivity index (χ4v) is 5.28. The van der Waals surface area contributed by atoms with Crippen molar-refractivity contribution >= 4 is 31.6 Å². The molecule has 0 spiro atoms. The number of nitrogens with one attached hydrogen (secondary N) is 1. The zero-order valence-corrected chi connectivity index (χ0v) is 18.8. The van der Waals surface area contributed by atoms with Gasteiger partial charge in [0.2, 0.25) is 20.0 Å². The molecule has 1 aliphatic rings. The van der Waals surface area contributed by atoms with Crippen molar-refractivity contribution in [3.63, 3.8) is 0 Å². The average molecular weight is 452 g/mol. The van der Waals surface area contributed by atoms with Crippen LogP contribution < -0.4 is 4.72 Å². The number of carbonyl (C=O) groups excluding carboxylic acids is 1. The highest BCUT2D eigenvalue weighted by atomic mass is 32.2. The zero-order chi connectivity index (χ0) is 22.1. The third kappa shape index (κ3) is 5.00. The third-order valence-corrected chi connectivity index (χ3v) is 7.47. The number of nitrogens with zero attached hydrogens (tertiary/aromatic N) is 2. The van der Waals surface area contributed by atoms with Gasteiger partial charge in [-0.2, -0.15) is 4.31 Å². The van der Waals surface area contributed by atoms with Crippen molar-refractivity contribution in [2.75, 3.05) is 37.2 Å². The summed E-state index contributed by atoms with van der Waals surface area (Å²) in [5.41, 5.74) is 2.38. The molecule has 0 radical (unpaired) electrons. The smallest absolute Gasteiger partial charge is 0.254 e. The summed E-state index contributed by atoms with van der Waals surface area (Å²) in [6.07, 6.45) is 1.05. The predicted octanol–water partition coefficient (Wildman–Crippen LogP) is 1.82. The van der Waals surface area contributed by atoms with E-state index in [2.05, 4.69) is 4.72 Å². The van der Waals surface area contributed by atoms with E-state index in [-0.39, 0.29) is 37.0 Å². The van der Waals surface area contributed by atoms with Crippen molar-refractivity contribution in [3.8, 4) is 0 Å². The monoisotopic (exact) mass is 451 g/mol. The van der Waals surface area contributed by atoms with E-state index in [1.807, 2.05) is 6.92 Å². The van der Waals surface area contributed by atoms with Crippen LogP contribution in [0.4, 0.5) is 5.69 Å². The van der Waals surface area contributed by atoms with Crippen molar-refractivity contribution in [2.45, 2.75) is 18.7 Å². The van der Waals surface area contributed by atoms with Crippen LogP contribution in [0.3, 0.4) is 0 Å². The minimum atomic E-state index is -3.61. The van der Waals surface area contributed by atoms with Gasteiger partial charge in [-0.15, -0.1) is 0 Å². The van der Waals surface area contributed by atoms with Crippen LogP contribution >= 0.6 is 0 Å². The van der Waals surface area contributed by atoms with Gasteiger partial charge in [0.1, 0.15) is 0 Å². The van der Waals surface area contributed by atoms with Crippen LogP contribution in [0.15, 0.2) is 47.4 Å². The van der Waals surface area contributed by atoms with Gasteiger partial charge in [0.15, 0.2) is 0 Å². The van der Waals surface area contributed by atoms with Gasteiger partial charge in [-0.25, -0.2) is 16.8 Å². The van der Waals surface area contributed by atoms with E-state index in [9.17, 15) is 21.6 Å². The van der Waals surface area contributed by atoms with E-state index in [1.165, 1.54) is 10.4 Å². The minimum absolute atomic E-state index is 0.197. The number of sulfonamides is 2. The Balaban J connectivity index is 1.71. The Morgan fingerprint density at radius 2 is 1.50 bits per heavy atom. The van der Waals surface area contributed by atoms with Crippen molar-refractivity contribution in [1.29, 1.82) is 0 Å². The molecule has 2 aromatic carbocycles. The number of hydrogen-bond donors (Lipinski definition) is 1. The van der Waals surface area contributed by atoms with Crippen molar-refractivity contribution in [2.24, 2.45) is 0 Å². The molecule has 0 unspecified atom stereocenters. The van der Waals surface area contributed by atoms with Crippen LogP contribution in [0.2, 0.25) is 0 Å². The number of hydrogen-bond acceptors (Lipinski definition) is 5. The van der Waals surface area contributed by atoms with Crippen LogP contribution in [-0.4, -0.2) is 64.4 Å². The highest BCUT2D eigenvalue weighted by Crippen LogP contribution is 2.22. The van der Waals surface area contributed by atoms with Crippen molar-refractivity contribution in [1.82, 2.24) is 9.21 Å². The summed E-state index contributed by atoms with van der Waals surface area (Å²) < 4.78 is 52.5. The van der Waals surface area contributed by atoms with E-state index in [4.69, 9.17) is 0 Å². The van der Waals surface area contributed by atoms with Gasteiger partial charge in [-0.1, -0.05) is 23.8 Å². The average Bonchev–Trinajstić information content (AvgIpc) is 2.68. The van der Waals surface area contributed by atoms with E-state index in [0.29, 0.717) is 16.8 Å². The molecule has 1 saturated heterocycles. The van der Waals surface area contributed by atoms with Crippen LogP contribution in [-0.2, 0) is 20.0 Å². The van der Waals surface area contributed by atoms with Crippen molar-refractivity contribution in [3.05, 3.63) is 59.2 Å². The van der Waals surface area contributed by atoms with Gasteiger partial charge in [0, 0.05) is 31.7 Å². The molecule has 8 nitrogen and oxygen atoms in total. The summed E-state index contributed by atoms with van der Waals surface area (Å²) in [4.78, 5) is 14.7. The predicted molar refractivity (Wildman–Crippen MR) is 115 cm³/mol. The molecule has 0 aliphatic carbocycles. The fourth-order valence-electron chi connectivity index (χ4n) is 3.24. The maximum Gasteiger partial charge on any atom is 0.254 e. The Labute approximate surface area is 177 Å². The summed E-state index contributed by atoms with van der Waals surface area (Å²) in [5, 5.41) is 0. The molecule has 0 bridgehead atoms. The molecular weight excluding hydrogens is 426 g/mol. The number of piperazine rings is 1. The Morgan fingerprint density at radius 3 is 2.07 bits per heavy atom. The molecule has 1 amide bonds. The molecule has 0 saturated carbocycles. The Hall–Kier alpha value is -2.43. The van der Waals surface area contributed by atoms with Gasteiger partial charge < -0.3 is 4.90 Å². The number of carbonyl (C=O) groups is 1. The normalized spacial score (nSPS) is 15.8. The molecule has 1 heterocycles. The molecule has 10 heteroatoms. The largest absolute Gasteiger partial charge is 0.336 e. The molecule has 0 aromatic heterocycles. The molecule has 2 aromatic rings. The highest BCUT2D eigenvalue weighted by molar-refractivity contribution is 7.92. The molecule has 30 heavy (non-hydrogen) atoms. The summed E-state index contributed by atoms with van der Waals surface area (Å²) in [6.45, 7) is 4.54. The van der Waals surface area contributed by atoms with Gasteiger partial charge in [-0.3, -0.25) is 9.52 Å². The maximum atomic E-state index is 12.9. The maximum absolute atomic E-state index is 12.9. The second-order valence-electron chi connectivity index (χ2n) is 7.41. The van der Waals surface area contributed by atoms with Crippen molar-refractivity contribution < 1.29 is 21.6 Å². The summed E-state index contributed by atoms with van der Waals surface area (Å²) in [5.74, 6) is -0.265. The summed E-state index contributed by atoms with van der Waals surface area (Å²) >= 11 is 0. The highest BCUT2D eigenvalue weighted by Gasteiger charge is 2.30. The first-order valence-corrected chi connectivity index (χ1v) is 12.7. The molecule has 162 valence electrons. The number of anilines is 1. The second-order valence-corrected chi connectivity index (χ2v) is 11.1. The lowest BCUT2D eigenvalue weighted by atomic mass is 10.1. The van der Waals surface area contributed by atoms with Crippen LogP contribution in [0.25, 0.3) is 0 Å². The number of benzene rings is 2. The van der Waals surface area contributed by atoms with Gasteiger partial charge in [-0.05, 0) is 43.7 Å². The fraction of sp³-hybridized carbons (Fsp3) is 0.350. The second kappa shape index (κ2) is 8.37. The SMILES string of the molecule is Cc1ccc(S(=O)(=O)N2CCN(C(=O)c3ccc(C)c(NS(C)(=O)=O)c3)CC2)cc1. The summed E-state index contributed by atoms with van der Waals surface area (Å²) in [7, 11) is -7.07. The lowest BCUT2D eigenvalue weighted by Gasteiger charge is -2.34. The van der Waals surface area contributed by atoms with E-state index >= 15 is 0 Å². The molecule has 1 fully saturated rings. The van der Waals surface area contributed by atoms with Gasteiger partial charge >= 0.3 is 0 Å². The first-order valence-electron chi connectivity index (χ1n) is 9.42. The van der Waals surface area contributed by atoms with Crippen LogP contribution in [0.1, 0.15) is 21.5 Å². The van der Waals surface area contributed by atoms with Crippen LogP contribution in [0, 0.1) is 13.8 Å². The van der Waals surface area contributed by atoms with Gasteiger partial charge in [0.05, 0.1) is 16.8 Å². The molecular formula is C20H25N3O5S2. The zero-order valence-electron chi connectivity index (χ0n) is 17.1. The first kappa shape index (κ1) is 22.3. The lowest BCUT2D eigenvalue weighted by molar-refractivity contribution is 0.0698. The standard InChI is InChI=1S/C20H25N3O5S2/c1-15-4-8-18(9-5-15)30(27,28)23-12-10-22(11-13-23)20(24)17-7-6-16(2)19(14-17)21-29(3,25)26/h4-9,14,21H,10-13H2,1-3H3.